The van der Waals surface area contributed by atoms with E-state index in [4.69, 9.17) is 0 Å². The number of aromatic amines is 1. The smallest absolute Gasteiger partial charge is 0.177 e. The Bertz CT molecular complexity index is 796. The molecule has 0 aliphatic heterocycles. The Balaban J connectivity index is 1.28. The maximum absolute atomic E-state index is 4.61. The molecule has 4 heteroatoms. The van der Waals surface area contributed by atoms with Crippen LogP contribution in [0.25, 0.3) is 16.7 Å². The van der Waals surface area contributed by atoms with Gasteiger partial charge < -0.3 is 10.3 Å². The second-order valence-corrected chi connectivity index (χ2v) is 7.91. The van der Waals surface area contributed by atoms with Crippen molar-refractivity contribution < 1.29 is 0 Å². The number of hydrogen-bond acceptors (Lipinski definition) is 3. The third kappa shape index (κ3) is 4.07. The van der Waals surface area contributed by atoms with Crippen molar-refractivity contribution in [2.75, 3.05) is 13.1 Å². The Hall–Kier alpha value is -1.94. The first-order valence-corrected chi connectivity index (χ1v) is 10.2. The number of fused-ring (bicyclic) bond motifs is 1. The molecule has 26 heavy (non-hydrogen) atoms. The van der Waals surface area contributed by atoms with Crippen molar-refractivity contribution in [3.05, 3.63) is 41.9 Å². The van der Waals surface area contributed by atoms with Crippen molar-refractivity contribution >= 4 is 16.7 Å². The number of H-pyrrole nitrogens is 1. The molecule has 2 aliphatic carbocycles. The van der Waals surface area contributed by atoms with Crippen LogP contribution in [0.5, 0.6) is 0 Å². The summed E-state index contributed by atoms with van der Waals surface area (Å²) in [6.07, 6.45) is 18.4. The van der Waals surface area contributed by atoms with E-state index in [1.54, 1.807) is 6.33 Å². The lowest BCUT2D eigenvalue weighted by Crippen LogP contribution is -2.25. The SMILES string of the molecule is Cc1nc2nc[nH]c2cc1C1=CCC(CNCCC2CCCCC2)C=C1. The summed E-state index contributed by atoms with van der Waals surface area (Å²) in [6, 6.07) is 2.17. The van der Waals surface area contributed by atoms with Crippen LogP contribution in [-0.4, -0.2) is 28.0 Å². The second-order valence-electron chi connectivity index (χ2n) is 7.91. The van der Waals surface area contributed by atoms with Gasteiger partial charge >= 0.3 is 0 Å². The van der Waals surface area contributed by atoms with Gasteiger partial charge in [0.25, 0.3) is 0 Å². The summed E-state index contributed by atoms with van der Waals surface area (Å²) in [5, 5.41) is 3.68. The first-order chi connectivity index (χ1) is 12.8. The molecule has 2 heterocycles. The fraction of sp³-hybridized carbons (Fsp3) is 0.545. The van der Waals surface area contributed by atoms with Gasteiger partial charge in [0.1, 0.15) is 0 Å². The van der Waals surface area contributed by atoms with Gasteiger partial charge in [-0.15, -0.1) is 0 Å². The van der Waals surface area contributed by atoms with Crippen LogP contribution < -0.4 is 5.32 Å². The van der Waals surface area contributed by atoms with Crippen molar-refractivity contribution in [2.45, 2.75) is 51.9 Å². The number of aryl methyl sites for hydroxylation is 1. The van der Waals surface area contributed by atoms with Gasteiger partial charge in [0.2, 0.25) is 0 Å². The van der Waals surface area contributed by atoms with Gasteiger partial charge in [-0.25, -0.2) is 9.97 Å². The average Bonchev–Trinajstić information content (AvgIpc) is 3.13. The van der Waals surface area contributed by atoms with Gasteiger partial charge in [0.15, 0.2) is 5.65 Å². The Morgan fingerprint density at radius 2 is 2.12 bits per heavy atom. The lowest BCUT2D eigenvalue weighted by atomic mass is 9.87. The van der Waals surface area contributed by atoms with E-state index in [1.165, 1.54) is 56.2 Å². The molecule has 1 fully saturated rings. The van der Waals surface area contributed by atoms with Crippen molar-refractivity contribution in [2.24, 2.45) is 11.8 Å². The van der Waals surface area contributed by atoms with Crippen LogP contribution in [0, 0.1) is 18.8 Å². The molecule has 0 aromatic carbocycles. The fourth-order valence-electron chi connectivity index (χ4n) is 4.34. The van der Waals surface area contributed by atoms with Crippen LogP contribution in [0.3, 0.4) is 0 Å². The number of imidazole rings is 1. The Labute approximate surface area is 156 Å². The molecule has 138 valence electrons. The van der Waals surface area contributed by atoms with Crippen LogP contribution in [-0.2, 0) is 0 Å². The highest BCUT2D eigenvalue weighted by atomic mass is 15.0. The minimum Gasteiger partial charge on any atom is -0.343 e. The summed E-state index contributed by atoms with van der Waals surface area (Å²) in [6.45, 7) is 4.33. The van der Waals surface area contributed by atoms with E-state index in [2.05, 4.69) is 51.5 Å². The summed E-state index contributed by atoms with van der Waals surface area (Å²) in [4.78, 5) is 12.0. The fourth-order valence-corrected chi connectivity index (χ4v) is 4.34. The molecule has 0 saturated heterocycles. The summed E-state index contributed by atoms with van der Waals surface area (Å²) < 4.78 is 0. The van der Waals surface area contributed by atoms with E-state index >= 15 is 0 Å². The molecule has 1 saturated carbocycles. The number of pyridine rings is 1. The van der Waals surface area contributed by atoms with Crippen molar-refractivity contribution in [3.63, 3.8) is 0 Å². The first-order valence-electron chi connectivity index (χ1n) is 10.2. The minimum atomic E-state index is 0.606. The highest BCUT2D eigenvalue weighted by Crippen LogP contribution is 2.28. The van der Waals surface area contributed by atoms with E-state index in [0.717, 1.165) is 35.7 Å². The van der Waals surface area contributed by atoms with Crippen LogP contribution in [0.4, 0.5) is 0 Å². The van der Waals surface area contributed by atoms with E-state index in [1.807, 2.05) is 0 Å². The van der Waals surface area contributed by atoms with Gasteiger partial charge in [0.05, 0.1) is 11.8 Å². The molecule has 2 aliphatic rings. The highest BCUT2D eigenvalue weighted by Gasteiger charge is 2.15. The number of rotatable bonds is 6. The van der Waals surface area contributed by atoms with Crippen LogP contribution in [0.2, 0.25) is 0 Å². The first kappa shape index (κ1) is 17.5. The predicted octanol–water partition coefficient (Wildman–Crippen LogP) is 4.79. The lowest BCUT2D eigenvalue weighted by molar-refractivity contribution is 0.332. The van der Waals surface area contributed by atoms with E-state index in [0.29, 0.717) is 5.92 Å². The number of nitrogens with one attached hydrogen (secondary N) is 2. The maximum Gasteiger partial charge on any atom is 0.177 e. The van der Waals surface area contributed by atoms with E-state index in [9.17, 15) is 0 Å². The monoisotopic (exact) mass is 350 g/mol. The summed E-state index contributed by atoms with van der Waals surface area (Å²) >= 11 is 0. The van der Waals surface area contributed by atoms with Gasteiger partial charge in [-0.05, 0) is 49.8 Å². The second kappa shape index (κ2) is 8.17. The molecule has 0 spiro atoms. The molecule has 0 bridgehead atoms. The quantitative estimate of drug-likeness (QED) is 0.737. The minimum absolute atomic E-state index is 0.606. The largest absolute Gasteiger partial charge is 0.343 e. The zero-order chi connectivity index (χ0) is 17.8. The summed E-state index contributed by atoms with van der Waals surface area (Å²) in [5.41, 5.74) is 5.34. The standard InChI is InChI=1S/C22H30N4/c1-16-20(13-21-22(26-16)25-15-24-21)19-9-7-18(8-10-19)14-23-12-11-17-5-3-2-4-6-17/h7,9-10,13,15,17-18,23H,2-6,8,11-12,14H2,1H3,(H,24,25,26). The Kier molecular flexibility index (Phi) is 5.49. The maximum atomic E-state index is 4.61. The molecule has 1 unspecified atom stereocenters. The van der Waals surface area contributed by atoms with Gasteiger partial charge in [-0.3, -0.25) is 0 Å². The number of aromatic nitrogens is 3. The van der Waals surface area contributed by atoms with Gasteiger partial charge in [-0.2, -0.15) is 0 Å². The molecule has 2 aromatic rings. The van der Waals surface area contributed by atoms with E-state index < -0.39 is 0 Å². The van der Waals surface area contributed by atoms with Gasteiger partial charge in [0, 0.05) is 17.8 Å². The molecule has 2 aromatic heterocycles. The molecule has 2 N–H and O–H groups in total. The molecule has 4 rings (SSSR count). The molecule has 0 amide bonds. The topological polar surface area (TPSA) is 53.6 Å². The number of nitrogens with zero attached hydrogens (tertiary/aromatic N) is 2. The molecular formula is C22H30N4. The van der Waals surface area contributed by atoms with Crippen molar-refractivity contribution in [1.29, 1.82) is 0 Å². The number of allylic oxidation sites excluding steroid dienone is 3. The van der Waals surface area contributed by atoms with Crippen LogP contribution in [0.15, 0.2) is 30.6 Å². The zero-order valence-electron chi connectivity index (χ0n) is 15.8. The third-order valence-electron chi connectivity index (χ3n) is 5.96. The predicted molar refractivity (Wildman–Crippen MR) is 108 cm³/mol. The lowest BCUT2D eigenvalue weighted by Gasteiger charge is -2.22. The molecule has 0 radical (unpaired) electrons. The zero-order valence-corrected chi connectivity index (χ0v) is 15.8. The third-order valence-corrected chi connectivity index (χ3v) is 5.96. The molecule has 4 nitrogen and oxygen atoms in total. The number of hydrogen-bond donors (Lipinski definition) is 2. The summed E-state index contributed by atoms with van der Waals surface area (Å²) in [5.74, 6) is 1.58. The van der Waals surface area contributed by atoms with Crippen LogP contribution in [0.1, 0.15) is 56.2 Å². The Morgan fingerprint density at radius 3 is 2.92 bits per heavy atom. The molecule has 1 atom stereocenters. The van der Waals surface area contributed by atoms with Crippen molar-refractivity contribution in [3.8, 4) is 0 Å². The summed E-state index contributed by atoms with van der Waals surface area (Å²) in [7, 11) is 0. The normalized spacial score (nSPS) is 21.3. The molecular weight excluding hydrogens is 320 g/mol. The van der Waals surface area contributed by atoms with Crippen LogP contribution >= 0.6 is 0 Å². The van der Waals surface area contributed by atoms with E-state index in [-0.39, 0.29) is 0 Å². The Morgan fingerprint density at radius 1 is 1.23 bits per heavy atom. The highest BCUT2D eigenvalue weighted by molar-refractivity contribution is 5.82. The van der Waals surface area contributed by atoms with Gasteiger partial charge in [-0.1, -0.05) is 50.3 Å². The van der Waals surface area contributed by atoms with Crippen molar-refractivity contribution in [1.82, 2.24) is 20.3 Å². The average molecular weight is 351 g/mol.